The van der Waals surface area contributed by atoms with Crippen LogP contribution in [-0.4, -0.2) is 11.2 Å². The number of rotatable bonds is 2. The van der Waals surface area contributed by atoms with Crippen molar-refractivity contribution in [2.24, 2.45) is 0 Å². The summed E-state index contributed by atoms with van der Waals surface area (Å²) in [6.07, 6.45) is 3.93. The van der Waals surface area contributed by atoms with Crippen LogP contribution in [0.3, 0.4) is 0 Å². The molecule has 4 aromatic rings. The summed E-state index contributed by atoms with van der Waals surface area (Å²) in [7, 11) is 0. The number of benzene rings is 3. The van der Waals surface area contributed by atoms with Crippen molar-refractivity contribution in [3.05, 3.63) is 102 Å². The lowest BCUT2D eigenvalue weighted by molar-refractivity contribution is -0.342. The molecule has 2 heterocycles. The molecule has 2 N–H and O–H groups in total. The van der Waals surface area contributed by atoms with Crippen LogP contribution < -0.4 is 4.99 Å². The molecule has 124 valence electrons. The minimum Gasteiger partial charge on any atom is -0.361 e. The Hall–Kier alpha value is -3.46. The van der Waals surface area contributed by atoms with Gasteiger partial charge in [-0.3, -0.25) is 0 Å². The smallest absolute Gasteiger partial charge is 0.211 e. The molecule has 0 saturated heterocycles. The van der Waals surface area contributed by atoms with Crippen molar-refractivity contribution in [1.29, 1.82) is 0 Å². The summed E-state index contributed by atoms with van der Waals surface area (Å²) in [5.74, 6) is -0.224. The van der Waals surface area contributed by atoms with Gasteiger partial charge in [0.15, 0.2) is 6.21 Å². The van der Waals surface area contributed by atoms with Crippen LogP contribution >= 0.6 is 0 Å². The Balaban J connectivity index is 1.88. The molecule has 0 atom stereocenters. The highest BCUT2D eigenvalue weighted by molar-refractivity contribution is 6.24. The Labute approximate surface area is 150 Å². The van der Waals surface area contributed by atoms with Gasteiger partial charge in [0.1, 0.15) is 5.82 Å². The number of nitrogens with one attached hydrogen (secondary N) is 2. The Bertz CT molecular complexity index is 1200. The molecule has 1 aliphatic heterocycles. The van der Waals surface area contributed by atoms with Crippen molar-refractivity contribution >= 4 is 34.0 Å². The third-order valence-corrected chi connectivity index (χ3v) is 4.86. The van der Waals surface area contributed by atoms with Gasteiger partial charge in [-0.2, -0.15) is 0 Å². The van der Waals surface area contributed by atoms with Crippen molar-refractivity contribution in [3.63, 3.8) is 0 Å². The van der Waals surface area contributed by atoms with Crippen LogP contribution in [0.4, 0.5) is 10.1 Å². The fourth-order valence-corrected chi connectivity index (χ4v) is 3.66. The number of hydrogen-bond acceptors (Lipinski definition) is 0. The fraction of sp³-hybridized carbons (Fsp3) is 0. The monoisotopic (exact) mass is 339 g/mol. The van der Waals surface area contributed by atoms with Crippen LogP contribution in [-0.2, 0) is 0 Å². The minimum absolute atomic E-state index is 0.224. The van der Waals surface area contributed by atoms with Crippen molar-refractivity contribution in [3.8, 4) is 0 Å². The number of allylic oxidation sites excluding steroid dienone is 1. The van der Waals surface area contributed by atoms with Crippen molar-refractivity contribution < 1.29 is 9.38 Å². The van der Waals surface area contributed by atoms with Gasteiger partial charge in [-0.05, 0) is 18.2 Å². The van der Waals surface area contributed by atoms with Crippen LogP contribution in [0.2, 0.25) is 0 Å². The number of fused-ring (bicyclic) bond motifs is 2. The Morgan fingerprint density at radius 2 is 1.58 bits per heavy atom. The van der Waals surface area contributed by atoms with Crippen LogP contribution in [0.25, 0.3) is 22.0 Å². The number of hydrogen-bond donors (Lipinski definition) is 2. The number of aromatic nitrogens is 1. The molecule has 2 nitrogen and oxygen atoms in total. The first-order chi connectivity index (χ1) is 12.8. The molecule has 5 rings (SSSR count). The summed E-state index contributed by atoms with van der Waals surface area (Å²) >= 11 is 0. The van der Waals surface area contributed by atoms with Crippen LogP contribution in [0.15, 0.2) is 79.0 Å². The molecule has 0 radical (unpaired) electrons. The van der Waals surface area contributed by atoms with Crippen molar-refractivity contribution in [2.75, 3.05) is 0 Å². The molecular formula is C23H16FN2+. The maximum atomic E-state index is 14.8. The van der Waals surface area contributed by atoms with E-state index in [2.05, 4.69) is 22.1 Å². The topological polar surface area (TPSA) is 29.8 Å². The van der Waals surface area contributed by atoms with E-state index in [1.54, 1.807) is 6.07 Å². The van der Waals surface area contributed by atoms with E-state index in [0.717, 1.165) is 38.9 Å². The molecule has 3 heteroatoms. The van der Waals surface area contributed by atoms with E-state index in [1.807, 2.05) is 60.9 Å². The third kappa shape index (κ3) is 2.21. The second-order valence-corrected chi connectivity index (χ2v) is 6.35. The van der Waals surface area contributed by atoms with Gasteiger partial charge >= 0.3 is 0 Å². The molecule has 0 spiro atoms. The van der Waals surface area contributed by atoms with E-state index >= 15 is 0 Å². The van der Waals surface area contributed by atoms with Crippen LogP contribution in [0.1, 0.15) is 16.7 Å². The molecule has 1 aromatic heterocycles. The zero-order chi connectivity index (χ0) is 17.5. The van der Waals surface area contributed by atoms with Gasteiger partial charge in [-0.15, -0.1) is 0 Å². The van der Waals surface area contributed by atoms with Gasteiger partial charge < -0.3 is 4.98 Å². The lowest BCUT2D eigenvalue weighted by Gasteiger charge is -2.11. The van der Waals surface area contributed by atoms with E-state index in [1.165, 1.54) is 6.07 Å². The average Bonchev–Trinajstić information content (AvgIpc) is 3.29. The Morgan fingerprint density at radius 1 is 0.808 bits per heavy atom. The fourth-order valence-electron chi connectivity index (χ4n) is 3.66. The summed E-state index contributed by atoms with van der Waals surface area (Å²) in [4.78, 5) is 6.63. The standard InChI is InChI=1S/C23H15FN2/c24-20-10-4-1-9-17(20)23(18-13-25-21-11-5-2-7-15(18)21)19-14-26-22-12-6-3-8-16(19)22/h1-14,25H/p+1/b23-19+. The third-order valence-electron chi connectivity index (χ3n) is 4.86. The van der Waals surface area contributed by atoms with Crippen LogP contribution in [0.5, 0.6) is 0 Å². The normalized spacial score (nSPS) is 14.7. The first kappa shape index (κ1) is 14.8. The van der Waals surface area contributed by atoms with Gasteiger partial charge in [0.2, 0.25) is 5.69 Å². The summed E-state index contributed by atoms with van der Waals surface area (Å²) in [5.41, 5.74) is 6.63. The quantitative estimate of drug-likeness (QED) is 0.552. The molecule has 0 aliphatic carbocycles. The molecule has 0 unspecified atom stereocenters. The Kier molecular flexibility index (Phi) is 3.32. The highest BCUT2D eigenvalue weighted by Crippen LogP contribution is 2.38. The highest BCUT2D eigenvalue weighted by Gasteiger charge is 2.25. The second kappa shape index (κ2) is 5.81. The molecule has 0 amide bonds. The van der Waals surface area contributed by atoms with E-state index in [4.69, 9.17) is 0 Å². The summed E-state index contributed by atoms with van der Waals surface area (Å²) < 4.78 is 14.8. The number of H-pyrrole nitrogens is 1. The van der Waals surface area contributed by atoms with Gasteiger partial charge in [-0.25, -0.2) is 9.38 Å². The first-order valence-corrected chi connectivity index (χ1v) is 8.58. The first-order valence-electron chi connectivity index (χ1n) is 8.58. The van der Waals surface area contributed by atoms with Crippen molar-refractivity contribution in [1.82, 2.24) is 4.98 Å². The van der Waals surface area contributed by atoms with E-state index in [-0.39, 0.29) is 5.82 Å². The number of para-hydroxylation sites is 2. The lowest BCUT2D eigenvalue weighted by Crippen LogP contribution is -2.58. The Morgan fingerprint density at radius 3 is 2.50 bits per heavy atom. The zero-order valence-electron chi connectivity index (χ0n) is 14.0. The van der Waals surface area contributed by atoms with Gasteiger partial charge in [0.25, 0.3) is 0 Å². The number of halogens is 1. The molecule has 0 fully saturated rings. The molecule has 0 saturated carbocycles. The van der Waals surface area contributed by atoms with Gasteiger partial charge in [0, 0.05) is 39.9 Å². The predicted molar refractivity (Wildman–Crippen MR) is 104 cm³/mol. The van der Waals surface area contributed by atoms with Crippen LogP contribution in [0, 0.1) is 5.82 Å². The molecular weight excluding hydrogens is 323 g/mol. The molecule has 26 heavy (non-hydrogen) atoms. The van der Waals surface area contributed by atoms with E-state index in [0.29, 0.717) is 5.56 Å². The largest absolute Gasteiger partial charge is 0.361 e. The second-order valence-electron chi connectivity index (χ2n) is 6.35. The van der Waals surface area contributed by atoms with Crippen molar-refractivity contribution in [2.45, 2.75) is 0 Å². The number of aromatic amines is 1. The molecule has 3 aromatic carbocycles. The van der Waals surface area contributed by atoms with E-state index in [9.17, 15) is 4.39 Å². The lowest BCUT2D eigenvalue weighted by atomic mass is 9.90. The maximum absolute atomic E-state index is 14.8. The van der Waals surface area contributed by atoms with Gasteiger partial charge in [0.05, 0.1) is 11.1 Å². The van der Waals surface area contributed by atoms with Gasteiger partial charge in [-0.1, -0.05) is 48.5 Å². The SMILES string of the molecule is Fc1ccccc1/C(=C1/C=[NH+]c2ccccc21)c1c[nH]c2ccccc12. The maximum Gasteiger partial charge on any atom is 0.211 e. The molecule has 1 aliphatic rings. The minimum atomic E-state index is -0.224. The highest BCUT2D eigenvalue weighted by atomic mass is 19.1. The van der Waals surface area contributed by atoms with E-state index < -0.39 is 0 Å². The summed E-state index contributed by atoms with van der Waals surface area (Å²) in [6, 6.07) is 23.2. The summed E-state index contributed by atoms with van der Waals surface area (Å²) in [5, 5.41) is 1.08. The zero-order valence-corrected chi connectivity index (χ0v) is 14.0. The summed E-state index contributed by atoms with van der Waals surface area (Å²) in [6.45, 7) is 0. The predicted octanol–water partition coefficient (Wildman–Crippen LogP) is 4.06. The average molecular weight is 339 g/mol. The molecule has 0 bridgehead atoms.